The first kappa shape index (κ1) is 18.3. The monoisotopic (exact) mass is 378 g/mol. The summed E-state index contributed by atoms with van der Waals surface area (Å²) in [6.07, 6.45) is 2.11. The molecule has 2 aromatic carbocycles. The van der Waals surface area contributed by atoms with E-state index in [1.54, 1.807) is 17.0 Å². The van der Waals surface area contributed by atoms with Gasteiger partial charge in [-0.2, -0.15) is 0 Å². The van der Waals surface area contributed by atoms with E-state index in [1.807, 2.05) is 24.3 Å². The van der Waals surface area contributed by atoms with Crippen LogP contribution in [0, 0.1) is 11.6 Å². The largest absolute Gasteiger partial charge is 0.330 e. The fourth-order valence-corrected chi connectivity index (χ4v) is 3.69. The lowest BCUT2D eigenvalue weighted by Gasteiger charge is -2.25. The van der Waals surface area contributed by atoms with E-state index in [0.717, 1.165) is 24.2 Å². The first-order valence-electron chi connectivity index (χ1n) is 9.37. The van der Waals surface area contributed by atoms with Crippen molar-refractivity contribution in [3.05, 3.63) is 101 Å². The number of pyridine rings is 1. The fourth-order valence-electron chi connectivity index (χ4n) is 3.69. The molecule has 142 valence electrons. The maximum Gasteiger partial charge on any atom is 0.254 e. The van der Waals surface area contributed by atoms with Gasteiger partial charge >= 0.3 is 0 Å². The molecule has 3 nitrogen and oxygen atoms in total. The van der Waals surface area contributed by atoms with Crippen molar-refractivity contribution in [2.45, 2.75) is 25.3 Å². The second kappa shape index (κ2) is 7.89. The summed E-state index contributed by atoms with van der Waals surface area (Å²) < 4.78 is 27.1. The molecule has 0 bridgehead atoms. The molecule has 0 radical (unpaired) electrons. The van der Waals surface area contributed by atoms with Crippen LogP contribution in [0.4, 0.5) is 8.78 Å². The molecular formula is C23H20F2N2O. The van der Waals surface area contributed by atoms with Gasteiger partial charge in [-0.15, -0.1) is 0 Å². The van der Waals surface area contributed by atoms with E-state index in [2.05, 4.69) is 0 Å². The number of rotatable bonds is 4. The van der Waals surface area contributed by atoms with E-state index in [-0.39, 0.29) is 23.6 Å². The Balaban J connectivity index is 1.57. The number of amides is 1. The molecular weight excluding hydrogens is 358 g/mol. The topological polar surface area (TPSA) is 33.2 Å². The van der Waals surface area contributed by atoms with Crippen LogP contribution in [0.3, 0.4) is 0 Å². The fraction of sp³-hybridized carbons (Fsp3) is 0.217. The number of nitrogens with zero attached hydrogens (tertiary/aromatic N) is 2. The summed E-state index contributed by atoms with van der Waals surface area (Å²) in [5.74, 6) is -0.732. The van der Waals surface area contributed by atoms with Crippen molar-refractivity contribution in [3.63, 3.8) is 0 Å². The minimum absolute atomic E-state index is 0.121. The van der Waals surface area contributed by atoms with Crippen LogP contribution < -0.4 is 0 Å². The Labute approximate surface area is 162 Å². The van der Waals surface area contributed by atoms with E-state index < -0.39 is 0 Å². The van der Waals surface area contributed by atoms with Crippen LogP contribution >= 0.6 is 0 Å². The zero-order valence-corrected chi connectivity index (χ0v) is 15.3. The standard InChI is InChI=1S/C23H20F2N2O/c24-18-12-10-16(11-13-18)23(28)27-14-4-9-22(27)21-8-3-6-19(26-21)15-17-5-1-2-7-20(17)25/h1-3,5-8,10-13,22H,4,9,14-15H2/t22-/m0/s1. The van der Waals surface area contributed by atoms with Gasteiger partial charge in [0.2, 0.25) is 0 Å². The van der Waals surface area contributed by atoms with Crippen molar-refractivity contribution in [1.82, 2.24) is 9.88 Å². The van der Waals surface area contributed by atoms with Crippen molar-refractivity contribution in [3.8, 4) is 0 Å². The second-order valence-electron chi connectivity index (χ2n) is 6.99. The molecule has 0 N–H and O–H groups in total. The number of hydrogen-bond donors (Lipinski definition) is 0. The molecule has 5 heteroatoms. The molecule has 1 aromatic heterocycles. The normalized spacial score (nSPS) is 16.4. The van der Waals surface area contributed by atoms with Crippen molar-refractivity contribution < 1.29 is 13.6 Å². The molecule has 0 aliphatic carbocycles. The van der Waals surface area contributed by atoms with E-state index in [0.29, 0.717) is 24.1 Å². The van der Waals surface area contributed by atoms with Gasteiger partial charge in [0, 0.05) is 24.2 Å². The van der Waals surface area contributed by atoms with Gasteiger partial charge in [-0.25, -0.2) is 8.78 Å². The van der Waals surface area contributed by atoms with E-state index in [4.69, 9.17) is 4.98 Å². The predicted molar refractivity (Wildman–Crippen MR) is 103 cm³/mol. The highest BCUT2D eigenvalue weighted by atomic mass is 19.1. The molecule has 0 spiro atoms. The molecule has 0 unspecified atom stereocenters. The molecule has 3 aromatic rings. The first-order chi connectivity index (χ1) is 13.6. The predicted octanol–water partition coefficient (Wildman–Crippen LogP) is 4.93. The number of hydrogen-bond acceptors (Lipinski definition) is 2. The van der Waals surface area contributed by atoms with Crippen molar-refractivity contribution in [1.29, 1.82) is 0 Å². The lowest BCUT2D eigenvalue weighted by atomic mass is 10.1. The lowest BCUT2D eigenvalue weighted by molar-refractivity contribution is 0.0732. The van der Waals surface area contributed by atoms with Crippen LogP contribution in [-0.2, 0) is 6.42 Å². The summed E-state index contributed by atoms with van der Waals surface area (Å²) in [5, 5.41) is 0. The van der Waals surface area contributed by atoms with Crippen LogP contribution in [0.25, 0.3) is 0 Å². The molecule has 1 aliphatic rings. The quantitative estimate of drug-likeness (QED) is 0.645. The zero-order valence-electron chi connectivity index (χ0n) is 15.3. The van der Waals surface area contributed by atoms with Gasteiger partial charge in [0.15, 0.2) is 0 Å². The number of carbonyl (C=O) groups is 1. The van der Waals surface area contributed by atoms with Gasteiger partial charge in [0.05, 0.1) is 11.7 Å². The van der Waals surface area contributed by atoms with Crippen molar-refractivity contribution in [2.75, 3.05) is 6.54 Å². The Morgan fingerprint density at radius 3 is 2.57 bits per heavy atom. The summed E-state index contributed by atoms with van der Waals surface area (Å²) in [4.78, 5) is 19.4. The summed E-state index contributed by atoms with van der Waals surface area (Å²) in [6.45, 7) is 0.639. The third-order valence-electron chi connectivity index (χ3n) is 5.10. The minimum atomic E-state index is -0.364. The number of carbonyl (C=O) groups excluding carboxylic acids is 1. The summed E-state index contributed by atoms with van der Waals surface area (Å²) in [5.41, 5.74) is 2.64. The Morgan fingerprint density at radius 1 is 1.00 bits per heavy atom. The number of benzene rings is 2. The van der Waals surface area contributed by atoms with E-state index in [1.165, 1.54) is 30.3 Å². The van der Waals surface area contributed by atoms with Gasteiger partial charge in [-0.1, -0.05) is 24.3 Å². The molecule has 1 atom stereocenters. The van der Waals surface area contributed by atoms with Crippen LogP contribution in [0.15, 0.2) is 66.7 Å². The van der Waals surface area contributed by atoms with Crippen molar-refractivity contribution in [2.24, 2.45) is 0 Å². The maximum absolute atomic E-state index is 14.0. The van der Waals surface area contributed by atoms with Gasteiger partial charge in [0.25, 0.3) is 5.91 Å². The molecule has 1 saturated heterocycles. The molecule has 1 fully saturated rings. The van der Waals surface area contributed by atoms with Gasteiger partial charge in [-0.05, 0) is 60.9 Å². The second-order valence-corrected chi connectivity index (χ2v) is 6.99. The minimum Gasteiger partial charge on any atom is -0.330 e. The summed E-state index contributed by atoms with van der Waals surface area (Å²) in [7, 11) is 0. The highest BCUT2D eigenvalue weighted by Gasteiger charge is 2.31. The summed E-state index contributed by atoms with van der Waals surface area (Å²) in [6, 6.07) is 17.8. The Bertz CT molecular complexity index is 988. The average molecular weight is 378 g/mol. The number of aromatic nitrogens is 1. The van der Waals surface area contributed by atoms with Crippen molar-refractivity contribution >= 4 is 5.91 Å². The molecule has 2 heterocycles. The van der Waals surface area contributed by atoms with Crippen LogP contribution in [0.5, 0.6) is 0 Å². The smallest absolute Gasteiger partial charge is 0.254 e. The Hall–Kier alpha value is -3.08. The Kier molecular flexibility index (Phi) is 5.15. The SMILES string of the molecule is O=C(c1ccc(F)cc1)N1CCC[C@H]1c1cccc(Cc2ccccc2F)n1. The molecule has 4 rings (SSSR count). The van der Waals surface area contributed by atoms with E-state index >= 15 is 0 Å². The molecule has 0 saturated carbocycles. The summed E-state index contributed by atoms with van der Waals surface area (Å²) >= 11 is 0. The highest BCUT2D eigenvalue weighted by molar-refractivity contribution is 5.94. The number of likely N-dealkylation sites (tertiary alicyclic amines) is 1. The molecule has 1 aliphatic heterocycles. The van der Waals surface area contributed by atoms with Gasteiger partial charge in [-0.3, -0.25) is 9.78 Å². The average Bonchev–Trinajstić information content (AvgIpc) is 3.20. The van der Waals surface area contributed by atoms with Crippen LogP contribution in [-0.4, -0.2) is 22.3 Å². The zero-order chi connectivity index (χ0) is 19.5. The van der Waals surface area contributed by atoms with Crippen LogP contribution in [0.2, 0.25) is 0 Å². The number of halogens is 2. The van der Waals surface area contributed by atoms with Crippen LogP contribution in [0.1, 0.15) is 46.2 Å². The lowest BCUT2D eigenvalue weighted by Crippen LogP contribution is -2.31. The highest BCUT2D eigenvalue weighted by Crippen LogP contribution is 2.32. The Morgan fingerprint density at radius 2 is 1.79 bits per heavy atom. The third-order valence-corrected chi connectivity index (χ3v) is 5.10. The first-order valence-corrected chi connectivity index (χ1v) is 9.37. The van der Waals surface area contributed by atoms with Gasteiger partial charge < -0.3 is 4.90 Å². The van der Waals surface area contributed by atoms with Gasteiger partial charge in [0.1, 0.15) is 11.6 Å². The maximum atomic E-state index is 14.0. The molecule has 28 heavy (non-hydrogen) atoms. The molecule has 1 amide bonds. The third kappa shape index (κ3) is 3.79. The van der Waals surface area contributed by atoms with E-state index in [9.17, 15) is 13.6 Å².